The molecule has 1 atom stereocenters. The number of benzene rings is 1. The third kappa shape index (κ3) is 2.85. The first-order chi connectivity index (χ1) is 8.83. The van der Waals surface area contributed by atoms with Gasteiger partial charge in [0.1, 0.15) is 5.75 Å². The summed E-state index contributed by atoms with van der Waals surface area (Å²) in [4.78, 5) is 0. The molecule has 2 aliphatic carbocycles. The molecule has 0 aliphatic heterocycles. The van der Waals surface area contributed by atoms with Gasteiger partial charge in [0, 0.05) is 0 Å². The summed E-state index contributed by atoms with van der Waals surface area (Å²) in [6.45, 7) is 1.12. The van der Waals surface area contributed by atoms with Crippen LogP contribution in [-0.4, -0.2) is 18.5 Å². The summed E-state index contributed by atoms with van der Waals surface area (Å²) < 4.78 is 11.0. The van der Waals surface area contributed by atoms with E-state index in [0.29, 0.717) is 6.79 Å². The second-order valence-electron chi connectivity index (χ2n) is 5.35. The molecule has 0 heterocycles. The predicted molar refractivity (Wildman–Crippen MR) is 68.5 cm³/mol. The van der Waals surface area contributed by atoms with Gasteiger partial charge in [0.2, 0.25) is 0 Å². The van der Waals surface area contributed by atoms with Crippen molar-refractivity contribution < 1.29 is 14.6 Å². The van der Waals surface area contributed by atoms with Crippen LogP contribution in [0.2, 0.25) is 0 Å². The van der Waals surface area contributed by atoms with Gasteiger partial charge in [-0.25, -0.2) is 0 Å². The van der Waals surface area contributed by atoms with E-state index < -0.39 is 0 Å². The molecule has 1 unspecified atom stereocenters. The number of ether oxygens (including phenoxy) is 2. The fourth-order valence-electron chi connectivity index (χ4n) is 2.45. The van der Waals surface area contributed by atoms with Crippen molar-refractivity contribution in [1.82, 2.24) is 0 Å². The van der Waals surface area contributed by atoms with Crippen LogP contribution >= 0.6 is 0 Å². The molecule has 0 amide bonds. The Balaban J connectivity index is 1.56. The molecule has 3 nitrogen and oxygen atoms in total. The second kappa shape index (κ2) is 5.29. The lowest BCUT2D eigenvalue weighted by Crippen LogP contribution is -2.10. The van der Waals surface area contributed by atoms with Crippen LogP contribution < -0.4 is 4.74 Å². The Morgan fingerprint density at radius 2 is 2.11 bits per heavy atom. The standard InChI is InChI=1S/C15H20O3/c16-15-3-1-2-12-6-7-13(8-14(12)15)18-10-17-9-11-4-5-11/h6-8,11,15-16H,1-5,9-10H2. The lowest BCUT2D eigenvalue weighted by Gasteiger charge is -2.21. The summed E-state index contributed by atoms with van der Waals surface area (Å²) in [5, 5.41) is 9.95. The first kappa shape index (κ1) is 12.0. The Hall–Kier alpha value is -1.06. The zero-order chi connectivity index (χ0) is 12.4. The van der Waals surface area contributed by atoms with Crippen molar-refractivity contribution in [2.45, 2.75) is 38.2 Å². The lowest BCUT2D eigenvalue weighted by atomic mass is 9.89. The zero-order valence-corrected chi connectivity index (χ0v) is 10.6. The number of hydrogen-bond acceptors (Lipinski definition) is 3. The molecule has 0 aromatic heterocycles. The molecule has 1 aromatic rings. The minimum Gasteiger partial charge on any atom is -0.468 e. The minimum atomic E-state index is -0.329. The molecule has 0 saturated heterocycles. The van der Waals surface area contributed by atoms with Gasteiger partial charge in [0.15, 0.2) is 6.79 Å². The fourth-order valence-corrected chi connectivity index (χ4v) is 2.45. The molecule has 0 spiro atoms. The molecule has 2 aliphatic rings. The monoisotopic (exact) mass is 248 g/mol. The summed E-state index contributed by atoms with van der Waals surface area (Å²) in [7, 11) is 0. The smallest absolute Gasteiger partial charge is 0.189 e. The van der Waals surface area contributed by atoms with Gasteiger partial charge in [0.25, 0.3) is 0 Å². The molecular formula is C15H20O3. The van der Waals surface area contributed by atoms with Gasteiger partial charge >= 0.3 is 0 Å². The van der Waals surface area contributed by atoms with E-state index in [1.54, 1.807) is 0 Å². The highest BCUT2D eigenvalue weighted by Gasteiger charge is 2.21. The summed E-state index contributed by atoms with van der Waals surface area (Å²) in [5.41, 5.74) is 2.28. The minimum absolute atomic E-state index is 0.311. The topological polar surface area (TPSA) is 38.7 Å². The van der Waals surface area contributed by atoms with Crippen molar-refractivity contribution in [3.8, 4) is 5.75 Å². The van der Waals surface area contributed by atoms with Crippen LogP contribution in [0.15, 0.2) is 18.2 Å². The van der Waals surface area contributed by atoms with Gasteiger partial charge in [0.05, 0.1) is 12.7 Å². The molecule has 98 valence electrons. The highest BCUT2D eigenvalue weighted by Crippen LogP contribution is 2.32. The first-order valence-corrected chi connectivity index (χ1v) is 6.84. The molecular weight excluding hydrogens is 228 g/mol. The number of aliphatic hydroxyl groups is 1. The van der Waals surface area contributed by atoms with Gasteiger partial charge in [-0.15, -0.1) is 0 Å². The molecule has 1 fully saturated rings. The molecule has 0 bridgehead atoms. The SMILES string of the molecule is OC1CCCc2ccc(OCOCC3CC3)cc21. The van der Waals surface area contributed by atoms with Crippen LogP contribution in [0.25, 0.3) is 0 Å². The predicted octanol–water partition coefficient (Wildman–Crippen LogP) is 2.82. The number of aryl methyl sites for hydroxylation is 1. The molecule has 1 saturated carbocycles. The quantitative estimate of drug-likeness (QED) is 0.643. The maximum absolute atomic E-state index is 9.95. The second-order valence-corrected chi connectivity index (χ2v) is 5.35. The molecule has 3 rings (SSSR count). The van der Waals surface area contributed by atoms with Crippen LogP contribution in [0.3, 0.4) is 0 Å². The van der Waals surface area contributed by atoms with Crippen LogP contribution in [0.5, 0.6) is 5.75 Å². The Morgan fingerprint density at radius 3 is 2.94 bits per heavy atom. The van der Waals surface area contributed by atoms with Crippen molar-refractivity contribution in [2.24, 2.45) is 5.92 Å². The van der Waals surface area contributed by atoms with Gasteiger partial charge < -0.3 is 14.6 Å². The Labute approximate surface area is 108 Å². The van der Waals surface area contributed by atoms with Gasteiger partial charge in [-0.3, -0.25) is 0 Å². The maximum Gasteiger partial charge on any atom is 0.189 e. The number of hydrogen-bond donors (Lipinski definition) is 1. The van der Waals surface area contributed by atoms with Crippen molar-refractivity contribution in [2.75, 3.05) is 13.4 Å². The highest BCUT2D eigenvalue weighted by molar-refractivity contribution is 5.38. The van der Waals surface area contributed by atoms with E-state index in [2.05, 4.69) is 6.07 Å². The molecule has 0 radical (unpaired) electrons. The van der Waals surface area contributed by atoms with Gasteiger partial charge in [-0.05, 0) is 61.3 Å². The van der Waals surface area contributed by atoms with Crippen LogP contribution in [-0.2, 0) is 11.2 Å². The van der Waals surface area contributed by atoms with E-state index >= 15 is 0 Å². The van der Waals surface area contributed by atoms with Crippen LogP contribution in [0.4, 0.5) is 0 Å². The largest absolute Gasteiger partial charge is 0.468 e. The summed E-state index contributed by atoms with van der Waals surface area (Å²) in [5.74, 6) is 1.56. The van der Waals surface area contributed by atoms with Crippen molar-refractivity contribution in [3.63, 3.8) is 0 Å². The molecule has 1 aromatic carbocycles. The van der Waals surface area contributed by atoms with E-state index in [-0.39, 0.29) is 6.10 Å². The average molecular weight is 248 g/mol. The van der Waals surface area contributed by atoms with E-state index in [9.17, 15) is 5.11 Å². The number of rotatable bonds is 5. The Bertz CT molecular complexity index is 412. The van der Waals surface area contributed by atoms with E-state index in [0.717, 1.165) is 43.1 Å². The molecule has 3 heteroatoms. The van der Waals surface area contributed by atoms with Crippen molar-refractivity contribution >= 4 is 0 Å². The number of fused-ring (bicyclic) bond motifs is 1. The van der Waals surface area contributed by atoms with Gasteiger partial charge in [-0.2, -0.15) is 0 Å². The normalized spacial score (nSPS) is 22.6. The molecule has 18 heavy (non-hydrogen) atoms. The summed E-state index contributed by atoms with van der Waals surface area (Å²) in [6, 6.07) is 5.99. The van der Waals surface area contributed by atoms with Crippen LogP contribution in [0.1, 0.15) is 42.9 Å². The third-order valence-electron chi connectivity index (χ3n) is 3.76. The highest BCUT2D eigenvalue weighted by atomic mass is 16.7. The third-order valence-corrected chi connectivity index (χ3v) is 3.76. The lowest BCUT2D eigenvalue weighted by molar-refractivity contribution is 0.00977. The fraction of sp³-hybridized carbons (Fsp3) is 0.600. The van der Waals surface area contributed by atoms with E-state index in [4.69, 9.17) is 9.47 Å². The Morgan fingerprint density at radius 1 is 1.22 bits per heavy atom. The Kier molecular flexibility index (Phi) is 3.52. The van der Waals surface area contributed by atoms with Crippen LogP contribution in [0, 0.1) is 5.92 Å². The zero-order valence-electron chi connectivity index (χ0n) is 10.6. The first-order valence-electron chi connectivity index (χ1n) is 6.84. The summed E-state index contributed by atoms with van der Waals surface area (Å²) >= 11 is 0. The van der Waals surface area contributed by atoms with Crippen molar-refractivity contribution in [3.05, 3.63) is 29.3 Å². The van der Waals surface area contributed by atoms with E-state index in [1.165, 1.54) is 18.4 Å². The van der Waals surface area contributed by atoms with E-state index in [1.807, 2.05) is 12.1 Å². The van der Waals surface area contributed by atoms with Gasteiger partial charge in [-0.1, -0.05) is 6.07 Å². The molecule has 1 N–H and O–H groups in total. The maximum atomic E-state index is 9.95. The average Bonchev–Trinajstić information content (AvgIpc) is 3.20. The number of aliphatic hydroxyl groups excluding tert-OH is 1. The van der Waals surface area contributed by atoms with Crippen molar-refractivity contribution in [1.29, 1.82) is 0 Å². The summed E-state index contributed by atoms with van der Waals surface area (Å²) in [6.07, 6.45) is 5.25.